The highest BCUT2D eigenvalue weighted by Gasteiger charge is 2.26. The van der Waals surface area contributed by atoms with Crippen molar-refractivity contribution in [2.24, 2.45) is 11.8 Å². The molecular weight excluding hydrogens is 355 g/mol. The number of rotatable bonds is 7. The number of hydrogen-bond donors (Lipinski definition) is 2. The van der Waals surface area contributed by atoms with Crippen LogP contribution in [0, 0.1) is 17.7 Å². The van der Waals surface area contributed by atoms with Gasteiger partial charge in [-0.25, -0.2) is 9.37 Å². The minimum absolute atomic E-state index is 0.298. The fourth-order valence-corrected chi connectivity index (χ4v) is 3.68. The SMILES string of the molecule is O=C(Nc1cccc(NCC2CCN(CC3CC3)CC2)n1)c1ccc(F)cc1. The number of benzene rings is 1. The van der Waals surface area contributed by atoms with Crippen LogP contribution < -0.4 is 10.6 Å². The Bertz CT molecular complexity index is 798. The first-order chi connectivity index (χ1) is 13.7. The number of halogens is 1. The van der Waals surface area contributed by atoms with Gasteiger partial charge in [0.25, 0.3) is 5.91 Å². The summed E-state index contributed by atoms with van der Waals surface area (Å²) >= 11 is 0. The monoisotopic (exact) mass is 382 g/mol. The van der Waals surface area contributed by atoms with Gasteiger partial charge in [-0.05, 0) is 87.0 Å². The van der Waals surface area contributed by atoms with E-state index in [4.69, 9.17) is 0 Å². The van der Waals surface area contributed by atoms with Crippen molar-refractivity contribution in [1.29, 1.82) is 0 Å². The Labute approximate surface area is 165 Å². The van der Waals surface area contributed by atoms with Crippen molar-refractivity contribution in [3.05, 3.63) is 53.8 Å². The molecule has 1 aromatic heterocycles. The summed E-state index contributed by atoms with van der Waals surface area (Å²) in [6.07, 6.45) is 5.28. The van der Waals surface area contributed by atoms with Gasteiger partial charge in [0.05, 0.1) is 0 Å². The van der Waals surface area contributed by atoms with E-state index in [0.717, 1.165) is 18.3 Å². The van der Waals surface area contributed by atoms with E-state index >= 15 is 0 Å². The molecule has 0 spiro atoms. The molecule has 2 fully saturated rings. The molecule has 0 radical (unpaired) electrons. The maximum absolute atomic E-state index is 13.0. The zero-order valence-electron chi connectivity index (χ0n) is 16.0. The van der Waals surface area contributed by atoms with Gasteiger partial charge >= 0.3 is 0 Å². The molecule has 2 heterocycles. The van der Waals surface area contributed by atoms with Crippen molar-refractivity contribution in [1.82, 2.24) is 9.88 Å². The van der Waals surface area contributed by atoms with Crippen molar-refractivity contribution >= 4 is 17.5 Å². The van der Waals surface area contributed by atoms with E-state index < -0.39 is 0 Å². The number of nitrogens with zero attached hydrogens (tertiary/aromatic N) is 2. The number of anilines is 2. The third-order valence-electron chi connectivity index (χ3n) is 5.59. The van der Waals surface area contributed by atoms with Gasteiger partial charge in [-0.2, -0.15) is 0 Å². The highest BCUT2D eigenvalue weighted by molar-refractivity contribution is 6.03. The molecule has 2 N–H and O–H groups in total. The lowest BCUT2D eigenvalue weighted by Gasteiger charge is -2.32. The van der Waals surface area contributed by atoms with Crippen molar-refractivity contribution in [3.8, 4) is 0 Å². The molecule has 1 saturated carbocycles. The van der Waals surface area contributed by atoms with Gasteiger partial charge in [-0.1, -0.05) is 6.07 Å². The van der Waals surface area contributed by atoms with Crippen molar-refractivity contribution in [3.63, 3.8) is 0 Å². The van der Waals surface area contributed by atoms with E-state index in [0.29, 0.717) is 17.3 Å². The molecule has 1 amide bonds. The standard InChI is InChI=1S/C22H27FN4O/c23-19-8-6-18(7-9-19)22(28)26-21-3-1-2-20(25-21)24-14-16-10-12-27(13-11-16)15-17-4-5-17/h1-3,6-9,16-17H,4-5,10-15H2,(H2,24,25,26,28). The smallest absolute Gasteiger partial charge is 0.256 e. The number of pyridine rings is 1. The Morgan fingerprint density at radius 1 is 1.00 bits per heavy atom. The lowest BCUT2D eigenvalue weighted by atomic mass is 9.96. The van der Waals surface area contributed by atoms with Crippen molar-refractivity contribution in [2.45, 2.75) is 25.7 Å². The number of hydrogen-bond acceptors (Lipinski definition) is 4. The second-order valence-corrected chi connectivity index (χ2v) is 7.94. The fourth-order valence-electron chi connectivity index (χ4n) is 3.68. The Hall–Kier alpha value is -2.47. The summed E-state index contributed by atoms with van der Waals surface area (Å²) in [6, 6.07) is 11.0. The summed E-state index contributed by atoms with van der Waals surface area (Å²) in [7, 11) is 0. The van der Waals surface area contributed by atoms with Gasteiger partial charge in [-0.3, -0.25) is 4.79 Å². The summed E-state index contributed by atoms with van der Waals surface area (Å²) in [4.78, 5) is 19.3. The van der Waals surface area contributed by atoms with Gasteiger partial charge in [0.15, 0.2) is 0 Å². The minimum atomic E-state index is -0.362. The molecule has 0 bridgehead atoms. The number of aromatic nitrogens is 1. The average Bonchev–Trinajstić information content (AvgIpc) is 3.52. The zero-order chi connectivity index (χ0) is 19.3. The molecule has 4 rings (SSSR count). The lowest BCUT2D eigenvalue weighted by molar-refractivity contribution is 0.102. The summed E-state index contributed by atoms with van der Waals surface area (Å²) in [5.41, 5.74) is 0.402. The second-order valence-electron chi connectivity index (χ2n) is 7.94. The van der Waals surface area contributed by atoms with Crippen LogP contribution in [0.25, 0.3) is 0 Å². The Morgan fingerprint density at radius 2 is 1.71 bits per heavy atom. The first-order valence-corrected chi connectivity index (χ1v) is 10.2. The molecule has 0 unspecified atom stereocenters. The molecule has 1 aliphatic carbocycles. The van der Waals surface area contributed by atoms with Crippen LogP contribution in [0.15, 0.2) is 42.5 Å². The van der Waals surface area contributed by atoms with E-state index in [2.05, 4.69) is 20.5 Å². The van der Waals surface area contributed by atoms with E-state index in [-0.39, 0.29) is 11.7 Å². The predicted molar refractivity (Wildman–Crippen MR) is 109 cm³/mol. The van der Waals surface area contributed by atoms with Crippen LogP contribution in [0.5, 0.6) is 0 Å². The van der Waals surface area contributed by atoms with Crippen molar-refractivity contribution < 1.29 is 9.18 Å². The maximum Gasteiger partial charge on any atom is 0.256 e. The van der Waals surface area contributed by atoms with Gasteiger partial charge < -0.3 is 15.5 Å². The van der Waals surface area contributed by atoms with Crippen LogP contribution in [0.2, 0.25) is 0 Å². The highest BCUT2D eigenvalue weighted by Crippen LogP contribution is 2.31. The maximum atomic E-state index is 13.0. The Morgan fingerprint density at radius 3 is 2.43 bits per heavy atom. The van der Waals surface area contributed by atoms with Gasteiger partial charge in [-0.15, -0.1) is 0 Å². The largest absolute Gasteiger partial charge is 0.370 e. The third kappa shape index (κ3) is 5.29. The normalized spacial score (nSPS) is 18.0. The van der Waals surface area contributed by atoms with Crippen LogP contribution in [0.4, 0.5) is 16.0 Å². The summed E-state index contributed by atoms with van der Waals surface area (Å²) in [5, 5.41) is 6.18. The van der Waals surface area contributed by atoms with Gasteiger partial charge in [0.2, 0.25) is 0 Å². The number of piperidine rings is 1. The minimum Gasteiger partial charge on any atom is -0.370 e. The van der Waals surface area contributed by atoms with Crippen LogP contribution in [0.3, 0.4) is 0 Å². The topological polar surface area (TPSA) is 57.3 Å². The molecule has 1 aliphatic heterocycles. The quantitative estimate of drug-likeness (QED) is 0.760. The first-order valence-electron chi connectivity index (χ1n) is 10.2. The Balaban J connectivity index is 1.25. The van der Waals surface area contributed by atoms with Crippen molar-refractivity contribution in [2.75, 3.05) is 36.8 Å². The van der Waals surface area contributed by atoms with Crippen LogP contribution in [-0.2, 0) is 0 Å². The first kappa shape index (κ1) is 18.9. The molecule has 6 heteroatoms. The molecule has 28 heavy (non-hydrogen) atoms. The number of nitrogens with one attached hydrogen (secondary N) is 2. The molecule has 2 aromatic rings. The molecule has 0 atom stereocenters. The molecular formula is C22H27FN4O. The molecule has 1 aromatic carbocycles. The number of carbonyl (C=O) groups is 1. The highest BCUT2D eigenvalue weighted by atomic mass is 19.1. The predicted octanol–water partition coefficient (Wildman–Crippen LogP) is 4.01. The van der Waals surface area contributed by atoms with E-state index in [1.807, 2.05) is 12.1 Å². The van der Waals surface area contributed by atoms with E-state index in [9.17, 15) is 9.18 Å². The fraction of sp³-hybridized carbons (Fsp3) is 0.455. The second kappa shape index (κ2) is 8.69. The average molecular weight is 382 g/mol. The molecule has 2 aliphatic rings. The van der Waals surface area contributed by atoms with E-state index in [1.54, 1.807) is 6.07 Å². The summed E-state index contributed by atoms with van der Waals surface area (Å²) in [5.74, 6) is 2.21. The van der Waals surface area contributed by atoms with Crippen LogP contribution in [-0.4, -0.2) is 42.0 Å². The van der Waals surface area contributed by atoms with E-state index in [1.165, 1.54) is 69.6 Å². The number of likely N-dealkylation sites (tertiary alicyclic amines) is 1. The molecule has 148 valence electrons. The third-order valence-corrected chi connectivity index (χ3v) is 5.59. The van der Waals surface area contributed by atoms with Gasteiger partial charge in [0.1, 0.15) is 17.5 Å². The molecule has 1 saturated heterocycles. The Kier molecular flexibility index (Phi) is 5.86. The van der Waals surface area contributed by atoms with Crippen LogP contribution >= 0.6 is 0 Å². The number of carbonyl (C=O) groups excluding carboxylic acids is 1. The van der Waals surface area contributed by atoms with Gasteiger partial charge in [0, 0.05) is 18.7 Å². The summed E-state index contributed by atoms with van der Waals surface area (Å²) < 4.78 is 13.0. The lowest BCUT2D eigenvalue weighted by Crippen LogP contribution is -2.37. The molecule has 5 nitrogen and oxygen atoms in total. The van der Waals surface area contributed by atoms with Crippen LogP contribution in [0.1, 0.15) is 36.0 Å². The zero-order valence-corrected chi connectivity index (χ0v) is 16.0. The number of amides is 1. The summed E-state index contributed by atoms with van der Waals surface area (Å²) in [6.45, 7) is 4.59.